The Morgan fingerprint density at radius 2 is 2.24 bits per heavy atom. The second-order valence-corrected chi connectivity index (χ2v) is 5.11. The van der Waals surface area contributed by atoms with Crippen molar-refractivity contribution in [1.82, 2.24) is 15.2 Å². The van der Waals surface area contributed by atoms with E-state index >= 15 is 0 Å². The molecule has 7 nitrogen and oxygen atoms in total. The van der Waals surface area contributed by atoms with Crippen LogP contribution in [0.5, 0.6) is 0 Å². The molecule has 2 aromatic rings. The second kappa shape index (κ2) is 5.27. The number of carbonyl (C=O) groups is 1. The number of hydrogen-bond donors (Lipinski definition) is 3. The Balaban J connectivity index is 1.91. The number of fused-ring (bicyclic) bond motifs is 1. The summed E-state index contributed by atoms with van der Waals surface area (Å²) >= 11 is 0. The summed E-state index contributed by atoms with van der Waals surface area (Å²) in [7, 11) is 0. The molecule has 1 amide bonds. The van der Waals surface area contributed by atoms with Crippen molar-refractivity contribution in [2.75, 3.05) is 11.4 Å². The van der Waals surface area contributed by atoms with E-state index in [-0.39, 0.29) is 12.3 Å². The zero-order valence-electron chi connectivity index (χ0n) is 11.6. The summed E-state index contributed by atoms with van der Waals surface area (Å²) in [6.45, 7) is 2.35. The van der Waals surface area contributed by atoms with Crippen LogP contribution in [0.15, 0.2) is 18.5 Å². The number of pyridine rings is 1. The van der Waals surface area contributed by atoms with Gasteiger partial charge in [0.05, 0.1) is 23.1 Å². The molecule has 0 aliphatic carbocycles. The van der Waals surface area contributed by atoms with Crippen molar-refractivity contribution in [3.8, 4) is 0 Å². The Hall–Kier alpha value is -2.25. The highest BCUT2D eigenvalue weighted by atomic mass is 16.5. The predicted octanol–water partition coefficient (Wildman–Crippen LogP) is 0.169. The Morgan fingerprint density at radius 3 is 3.00 bits per heavy atom. The number of amides is 1. The summed E-state index contributed by atoms with van der Waals surface area (Å²) in [5.41, 5.74) is 3.50. The number of H-pyrrole nitrogens is 1. The van der Waals surface area contributed by atoms with Crippen molar-refractivity contribution >= 4 is 11.6 Å². The first kappa shape index (κ1) is 13.7. The molecule has 0 atom stereocenters. The third kappa shape index (κ3) is 2.53. The monoisotopic (exact) mass is 288 g/mol. The first-order valence-electron chi connectivity index (χ1n) is 6.72. The summed E-state index contributed by atoms with van der Waals surface area (Å²) in [4.78, 5) is 18.3. The van der Waals surface area contributed by atoms with E-state index in [9.17, 15) is 4.79 Å². The number of aromatic nitrogens is 3. The summed E-state index contributed by atoms with van der Waals surface area (Å²) in [6, 6.07) is 1.75. The zero-order chi connectivity index (χ0) is 15.0. The fourth-order valence-corrected chi connectivity index (χ4v) is 2.59. The van der Waals surface area contributed by atoms with Crippen LogP contribution in [0.2, 0.25) is 0 Å². The first-order chi connectivity index (χ1) is 10.1. The number of aromatic amines is 1. The molecule has 2 aromatic heterocycles. The minimum Gasteiger partial charge on any atom is -0.368 e. The number of nitrogens with one attached hydrogen (secondary N) is 1. The van der Waals surface area contributed by atoms with Crippen molar-refractivity contribution in [3.63, 3.8) is 0 Å². The molecular formula is C14H16N4O3. The molecule has 3 heterocycles. The average Bonchev–Trinajstić information content (AvgIpc) is 2.81. The highest BCUT2D eigenvalue weighted by molar-refractivity contribution is 6.08. The van der Waals surface area contributed by atoms with E-state index in [1.807, 2.05) is 6.92 Å². The van der Waals surface area contributed by atoms with Crippen molar-refractivity contribution in [3.05, 3.63) is 41.0 Å². The van der Waals surface area contributed by atoms with Crippen LogP contribution in [0.3, 0.4) is 0 Å². The third-order valence-corrected chi connectivity index (χ3v) is 3.56. The number of anilines is 1. The Bertz CT molecular complexity index is 681. The smallest absolute Gasteiger partial charge is 0.262 e. The van der Waals surface area contributed by atoms with E-state index in [0.717, 1.165) is 11.4 Å². The molecule has 0 aromatic carbocycles. The Kier molecular flexibility index (Phi) is 3.44. The molecule has 0 unspecified atom stereocenters. The van der Waals surface area contributed by atoms with Crippen molar-refractivity contribution in [1.29, 1.82) is 0 Å². The highest BCUT2D eigenvalue weighted by Crippen LogP contribution is 2.25. The predicted molar refractivity (Wildman–Crippen MR) is 74.9 cm³/mol. The van der Waals surface area contributed by atoms with Gasteiger partial charge in [-0.1, -0.05) is 0 Å². The van der Waals surface area contributed by atoms with Crippen molar-refractivity contribution < 1.29 is 15.0 Å². The molecule has 3 rings (SSSR count). The normalized spacial score (nSPS) is 14.7. The SMILES string of the molecule is Cc1[nH]nc2c1C(=O)N(c1cncc(CC(O)O)c1)CC2. The van der Waals surface area contributed by atoms with E-state index in [2.05, 4.69) is 15.2 Å². The molecule has 0 spiro atoms. The van der Waals surface area contributed by atoms with Gasteiger partial charge in [0.1, 0.15) is 0 Å². The number of aryl methyl sites for hydroxylation is 1. The van der Waals surface area contributed by atoms with Gasteiger partial charge in [0.2, 0.25) is 0 Å². The van der Waals surface area contributed by atoms with E-state index in [1.54, 1.807) is 23.4 Å². The summed E-state index contributed by atoms with van der Waals surface area (Å²) in [6.07, 6.45) is 2.50. The average molecular weight is 288 g/mol. The molecule has 110 valence electrons. The summed E-state index contributed by atoms with van der Waals surface area (Å²) in [5.74, 6) is -0.106. The molecule has 3 N–H and O–H groups in total. The van der Waals surface area contributed by atoms with Gasteiger partial charge in [-0.25, -0.2) is 0 Å². The molecule has 21 heavy (non-hydrogen) atoms. The first-order valence-corrected chi connectivity index (χ1v) is 6.72. The number of rotatable bonds is 3. The number of nitrogens with zero attached hydrogens (tertiary/aromatic N) is 3. The van der Waals surface area contributed by atoms with Crippen molar-refractivity contribution in [2.45, 2.75) is 26.1 Å². The molecule has 0 radical (unpaired) electrons. The van der Waals surface area contributed by atoms with Crippen LogP contribution in [0.4, 0.5) is 5.69 Å². The summed E-state index contributed by atoms with van der Waals surface area (Å²) in [5, 5.41) is 25.0. The van der Waals surface area contributed by atoms with Crippen molar-refractivity contribution in [2.24, 2.45) is 0 Å². The van der Waals surface area contributed by atoms with Gasteiger partial charge >= 0.3 is 0 Å². The third-order valence-electron chi connectivity index (χ3n) is 3.56. The van der Waals surface area contributed by atoms with E-state index < -0.39 is 6.29 Å². The van der Waals surface area contributed by atoms with Crippen LogP contribution in [-0.4, -0.2) is 44.1 Å². The molecule has 1 aliphatic rings. The van der Waals surface area contributed by atoms with Gasteiger partial charge in [-0.05, 0) is 18.6 Å². The lowest BCUT2D eigenvalue weighted by Crippen LogP contribution is -2.37. The fourth-order valence-electron chi connectivity index (χ4n) is 2.59. The minimum atomic E-state index is -1.43. The number of hydrogen-bond acceptors (Lipinski definition) is 5. The Morgan fingerprint density at radius 1 is 1.43 bits per heavy atom. The second-order valence-electron chi connectivity index (χ2n) is 5.11. The molecule has 0 saturated heterocycles. The standard InChI is InChI=1S/C14H16N4O3/c1-8-13-11(17-16-8)2-3-18(14(13)21)10-4-9(5-12(19)20)6-15-7-10/h4,6-7,12,19-20H,2-3,5H2,1H3,(H,16,17). The van der Waals surface area contributed by atoms with Crippen LogP contribution in [0.25, 0.3) is 0 Å². The zero-order valence-corrected chi connectivity index (χ0v) is 11.6. The lowest BCUT2D eigenvalue weighted by molar-refractivity contribution is -0.0381. The van der Waals surface area contributed by atoms with Crippen LogP contribution >= 0.6 is 0 Å². The maximum Gasteiger partial charge on any atom is 0.262 e. The van der Waals surface area contributed by atoms with Gasteiger partial charge in [-0.3, -0.25) is 14.9 Å². The van der Waals surface area contributed by atoms with Gasteiger partial charge in [0.25, 0.3) is 5.91 Å². The van der Waals surface area contributed by atoms with Gasteiger partial charge in [0, 0.05) is 31.3 Å². The molecule has 7 heteroatoms. The fraction of sp³-hybridized carbons (Fsp3) is 0.357. The largest absolute Gasteiger partial charge is 0.368 e. The van der Waals surface area contributed by atoms with Gasteiger partial charge in [-0.15, -0.1) is 0 Å². The highest BCUT2D eigenvalue weighted by Gasteiger charge is 2.29. The lowest BCUT2D eigenvalue weighted by atomic mass is 10.0. The Labute approximate surface area is 121 Å². The molecular weight excluding hydrogens is 272 g/mol. The number of carbonyl (C=O) groups excluding carboxylic acids is 1. The maximum atomic E-state index is 12.6. The van der Waals surface area contributed by atoms with Crippen LogP contribution in [0.1, 0.15) is 27.3 Å². The van der Waals surface area contributed by atoms with Crippen LogP contribution in [-0.2, 0) is 12.8 Å². The van der Waals surface area contributed by atoms with Crippen LogP contribution < -0.4 is 4.90 Å². The molecule has 1 aliphatic heterocycles. The maximum absolute atomic E-state index is 12.6. The van der Waals surface area contributed by atoms with Gasteiger partial charge < -0.3 is 15.1 Å². The summed E-state index contributed by atoms with van der Waals surface area (Å²) < 4.78 is 0. The lowest BCUT2D eigenvalue weighted by Gasteiger charge is -2.26. The topological polar surface area (TPSA) is 102 Å². The van der Waals surface area contributed by atoms with Gasteiger partial charge in [0.15, 0.2) is 6.29 Å². The van der Waals surface area contributed by atoms with E-state index in [1.165, 1.54) is 0 Å². The quantitative estimate of drug-likeness (QED) is 0.699. The minimum absolute atomic E-state index is 0.0822. The molecule has 0 saturated carbocycles. The van der Waals surface area contributed by atoms with E-state index in [0.29, 0.717) is 29.8 Å². The molecule has 0 fully saturated rings. The van der Waals surface area contributed by atoms with Crippen LogP contribution in [0, 0.1) is 6.92 Å². The number of aliphatic hydroxyl groups is 2. The number of aliphatic hydroxyl groups excluding tert-OH is 1. The molecule has 0 bridgehead atoms. The van der Waals surface area contributed by atoms with Gasteiger partial charge in [-0.2, -0.15) is 5.10 Å². The van der Waals surface area contributed by atoms with E-state index in [4.69, 9.17) is 10.2 Å².